The monoisotopic (exact) mass is 458 g/mol. The van der Waals surface area contributed by atoms with E-state index >= 15 is 0 Å². The molecular formula is C22H26N4O5S. The first-order valence-corrected chi connectivity index (χ1v) is 11.2. The minimum Gasteiger partial charge on any atom is -0.445 e. The molecule has 1 aromatic heterocycles. The molecule has 2 heterocycles. The van der Waals surface area contributed by atoms with Gasteiger partial charge in [0.05, 0.1) is 23.2 Å². The average Bonchev–Trinajstić information content (AvgIpc) is 3.24. The predicted molar refractivity (Wildman–Crippen MR) is 117 cm³/mol. The van der Waals surface area contributed by atoms with Crippen molar-refractivity contribution in [1.82, 2.24) is 20.2 Å². The molecule has 2 aromatic rings. The van der Waals surface area contributed by atoms with Crippen molar-refractivity contribution in [3.8, 4) is 0 Å². The lowest BCUT2D eigenvalue weighted by Crippen LogP contribution is -2.46. The van der Waals surface area contributed by atoms with Crippen molar-refractivity contribution in [2.24, 2.45) is 11.8 Å². The van der Waals surface area contributed by atoms with E-state index in [1.54, 1.807) is 13.8 Å². The van der Waals surface area contributed by atoms with Gasteiger partial charge in [-0.2, -0.15) is 0 Å². The lowest BCUT2D eigenvalue weighted by molar-refractivity contribution is -0.141. The van der Waals surface area contributed by atoms with Crippen LogP contribution in [0.15, 0.2) is 30.3 Å². The smallest absolute Gasteiger partial charge is 0.408 e. The molecule has 3 rings (SSSR count). The average molecular weight is 459 g/mol. The number of benzene rings is 1. The Morgan fingerprint density at radius 2 is 2.00 bits per heavy atom. The van der Waals surface area contributed by atoms with Crippen molar-refractivity contribution in [1.29, 1.82) is 0 Å². The van der Waals surface area contributed by atoms with Crippen LogP contribution < -0.4 is 10.6 Å². The van der Waals surface area contributed by atoms with E-state index in [4.69, 9.17) is 4.74 Å². The van der Waals surface area contributed by atoms with Crippen LogP contribution in [0.4, 0.5) is 4.79 Å². The molecule has 2 atom stereocenters. The van der Waals surface area contributed by atoms with Crippen LogP contribution in [-0.2, 0) is 38.7 Å². The Bertz CT molecular complexity index is 976. The maximum absolute atomic E-state index is 13.0. The second kappa shape index (κ2) is 10.9. The van der Waals surface area contributed by atoms with Gasteiger partial charge in [-0.15, -0.1) is 5.10 Å². The van der Waals surface area contributed by atoms with E-state index in [0.29, 0.717) is 12.8 Å². The van der Waals surface area contributed by atoms with Gasteiger partial charge >= 0.3 is 6.09 Å². The van der Waals surface area contributed by atoms with Crippen molar-refractivity contribution in [2.45, 2.75) is 52.3 Å². The summed E-state index contributed by atoms with van der Waals surface area (Å²) >= 11 is 1.18. The van der Waals surface area contributed by atoms with Crippen molar-refractivity contribution < 1.29 is 23.9 Å². The maximum atomic E-state index is 13.0. The molecule has 0 bridgehead atoms. The molecule has 1 aliphatic rings. The Morgan fingerprint density at radius 1 is 1.25 bits per heavy atom. The third kappa shape index (κ3) is 6.19. The number of aromatic nitrogens is 2. The number of ketones is 2. The maximum Gasteiger partial charge on any atom is 0.408 e. The Morgan fingerprint density at radius 3 is 2.72 bits per heavy atom. The molecule has 0 aliphatic carbocycles. The van der Waals surface area contributed by atoms with Gasteiger partial charge in [0.2, 0.25) is 5.78 Å². The summed E-state index contributed by atoms with van der Waals surface area (Å²) in [5, 5.41) is 9.25. The summed E-state index contributed by atoms with van der Waals surface area (Å²) in [6, 6.07) is 8.36. The number of rotatable bonds is 7. The molecule has 1 aliphatic heterocycles. The van der Waals surface area contributed by atoms with Gasteiger partial charge in [0.15, 0.2) is 5.78 Å². The summed E-state index contributed by atoms with van der Waals surface area (Å²) in [5.74, 6) is -2.69. The first-order valence-electron chi connectivity index (χ1n) is 10.5. The number of alkyl carbamates (subject to hydrolysis) is 1. The zero-order valence-electron chi connectivity index (χ0n) is 18.0. The van der Waals surface area contributed by atoms with Gasteiger partial charge in [0.1, 0.15) is 6.61 Å². The van der Waals surface area contributed by atoms with Gasteiger partial charge < -0.3 is 15.4 Å². The highest BCUT2D eigenvalue weighted by molar-refractivity contribution is 7.05. The predicted octanol–water partition coefficient (Wildman–Crippen LogP) is 2.20. The number of aryl methyl sites for hydroxylation is 1. The highest BCUT2D eigenvalue weighted by Gasteiger charge is 2.33. The number of carbonyl (C=O) groups is 4. The Kier molecular flexibility index (Phi) is 8.04. The zero-order chi connectivity index (χ0) is 23.1. The molecule has 0 fully saturated rings. The molecule has 0 saturated carbocycles. The van der Waals surface area contributed by atoms with Gasteiger partial charge in [0, 0.05) is 12.3 Å². The van der Waals surface area contributed by atoms with Gasteiger partial charge in [0.25, 0.3) is 5.91 Å². The van der Waals surface area contributed by atoms with Crippen molar-refractivity contribution >= 4 is 35.1 Å². The van der Waals surface area contributed by atoms with Crippen LogP contribution in [0.2, 0.25) is 0 Å². The van der Waals surface area contributed by atoms with Crippen LogP contribution in [-0.4, -0.2) is 39.2 Å². The van der Waals surface area contributed by atoms with Crippen molar-refractivity contribution in [3.63, 3.8) is 0 Å². The Labute approximate surface area is 190 Å². The Hall–Kier alpha value is -3.14. The summed E-state index contributed by atoms with van der Waals surface area (Å²) in [4.78, 5) is 51.0. The molecule has 0 saturated heterocycles. The van der Waals surface area contributed by atoms with Gasteiger partial charge in [-0.25, -0.2) is 4.79 Å². The number of hydrogen-bond acceptors (Lipinski definition) is 8. The minimum absolute atomic E-state index is 0.0803. The standard InChI is InChI=1S/C22H26N4O5S/c1-13(2)19(24-22(30)31-12-14-6-4-3-5-7-14)17(27)10-15-8-9-16-18(32-26-25-16)11-23-21(29)20(15)28/h3-7,13,15,19H,8-12H2,1-2H3,(H,23,29)(H,24,30). The minimum atomic E-state index is -0.835. The van der Waals surface area contributed by atoms with Crippen molar-refractivity contribution in [2.75, 3.05) is 0 Å². The molecule has 9 nitrogen and oxygen atoms in total. The molecule has 2 unspecified atom stereocenters. The molecule has 1 aromatic carbocycles. The summed E-state index contributed by atoms with van der Waals surface area (Å²) < 4.78 is 9.12. The zero-order valence-corrected chi connectivity index (χ0v) is 18.8. The number of amides is 2. The number of ether oxygens (including phenoxy) is 1. The van der Waals surface area contributed by atoms with E-state index in [2.05, 4.69) is 20.2 Å². The molecule has 0 radical (unpaired) electrons. The molecule has 0 spiro atoms. The quantitative estimate of drug-likeness (QED) is 0.609. The molecule has 2 N–H and O–H groups in total. The van der Waals surface area contributed by atoms with Crippen LogP contribution in [0.5, 0.6) is 0 Å². The third-order valence-electron chi connectivity index (χ3n) is 5.32. The summed E-state index contributed by atoms with van der Waals surface area (Å²) in [6.45, 7) is 3.87. The van der Waals surface area contributed by atoms with Crippen LogP contribution in [0.1, 0.15) is 42.8 Å². The fraction of sp³-hybridized carbons (Fsp3) is 0.455. The molecule has 32 heavy (non-hydrogen) atoms. The van der Waals surface area contributed by atoms with Crippen molar-refractivity contribution in [3.05, 3.63) is 46.5 Å². The highest BCUT2D eigenvalue weighted by atomic mass is 32.1. The summed E-state index contributed by atoms with van der Waals surface area (Å²) in [5.41, 5.74) is 1.55. The fourth-order valence-corrected chi connectivity index (χ4v) is 4.12. The van der Waals surface area contributed by atoms with E-state index in [1.165, 1.54) is 11.5 Å². The number of fused-ring (bicyclic) bond motifs is 1. The van der Waals surface area contributed by atoms with Gasteiger partial charge in [-0.05, 0) is 35.9 Å². The first kappa shape index (κ1) is 23.5. The number of nitrogens with one attached hydrogen (secondary N) is 2. The second-order valence-electron chi connectivity index (χ2n) is 8.02. The van der Waals surface area contributed by atoms with Gasteiger partial charge in [-0.3, -0.25) is 14.4 Å². The van der Waals surface area contributed by atoms with E-state index in [9.17, 15) is 19.2 Å². The molecule has 2 amide bonds. The van der Waals surface area contributed by atoms with Crippen LogP contribution in [0, 0.1) is 11.8 Å². The third-order valence-corrected chi connectivity index (χ3v) is 6.08. The number of Topliss-reactive ketones (excluding diaryl/α,β-unsaturated/α-hetero) is 2. The van der Waals surface area contributed by atoms with Crippen LogP contribution >= 0.6 is 11.5 Å². The van der Waals surface area contributed by atoms with E-state index in [1.807, 2.05) is 30.3 Å². The molecule has 170 valence electrons. The summed E-state index contributed by atoms with van der Waals surface area (Å²) in [6.07, 6.45) is -0.109. The van der Waals surface area contributed by atoms with Crippen LogP contribution in [0.25, 0.3) is 0 Å². The van der Waals surface area contributed by atoms with Gasteiger partial charge in [-0.1, -0.05) is 48.7 Å². The molecule has 10 heteroatoms. The SMILES string of the molecule is CC(C)C(NC(=O)OCc1ccccc1)C(=O)CC1CCc2nnsc2CNC(=O)C1=O. The number of nitrogens with zero attached hydrogens (tertiary/aromatic N) is 2. The van der Waals surface area contributed by atoms with E-state index in [0.717, 1.165) is 16.1 Å². The van der Waals surface area contributed by atoms with E-state index in [-0.39, 0.29) is 31.3 Å². The van der Waals surface area contributed by atoms with Crippen LogP contribution in [0.3, 0.4) is 0 Å². The largest absolute Gasteiger partial charge is 0.445 e. The molecular weight excluding hydrogens is 432 g/mol. The second-order valence-corrected chi connectivity index (χ2v) is 8.86. The topological polar surface area (TPSA) is 127 Å². The summed E-state index contributed by atoms with van der Waals surface area (Å²) in [7, 11) is 0. The fourth-order valence-electron chi connectivity index (χ4n) is 3.50. The normalized spacial score (nSPS) is 17.4. The lowest BCUT2D eigenvalue weighted by Gasteiger charge is -2.23. The lowest BCUT2D eigenvalue weighted by atomic mass is 9.87. The number of carbonyl (C=O) groups excluding carboxylic acids is 4. The Balaban J connectivity index is 1.62. The highest BCUT2D eigenvalue weighted by Crippen LogP contribution is 2.22. The number of hydrogen-bond donors (Lipinski definition) is 2. The first-order chi connectivity index (χ1) is 15.3. The van der Waals surface area contributed by atoms with E-state index < -0.39 is 29.7 Å².